The van der Waals surface area contributed by atoms with E-state index in [1.165, 1.54) is 0 Å². The van der Waals surface area contributed by atoms with Crippen molar-refractivity contribution in [1.29, 1.82) is 0 Å². The van der Waals surface area contributed by atoms with E-state index in [0.29, 0.717) is 16.5 Å². The predicted octanol–water partition coefficient (Wildman–Crippen LogP) is 3.27. The highest BCUT2D eigenvalue weighted by atomic mass is 35.5. The summed E-state index contributed by atoms with van der Waals surface area (Å²) in [6, 6.07) is 4.79. The first kappa shape index (κ1) is 13.6. The van der Waals surface area contributed by atoms with Crippen molar-refractivity contribution < 1.29 is 9.53 Å². The second-order valence-corrected chi connectivity index (χ2v) is 5.08. The van der Waals surface area contributed by atoms with Gasteiger partial charge in [0.25, 0.3) is 0 Å². The van der Waals surface area contributed by atoms with Crippen LogP contribution in [0.2, 0.25) is 5.02 Å². The second kappa shape index (κ2) is 5.27. The van der Waals surface area contributed by atoms with Gasteiger partial charge in [-0.15, -0.1) is 0 Å². The minimum absolute atomic E-state index is 0.287. The molecule has 0 aromatic heterocycles. The Morgan fingerprint density at radius 3 is 2.47 bits per heavy atom. The van der Waals surface area contributed by atoms with Crippen molar-refractivity contribution in [2.45, 2.75) is 26.3 Å². The number of anilines is 1. The maximum atomic E-state index is 11.6. The number of rotatable bonds is 2. The average molecular weight is 257 g/mol. The molecule has 0 atom stereocenters. The van der Waals surface area contributed by atoms with E-state index in [2.05, 4.69) is 10.6 Å². The van der Waals surface area contributed by atoms with Crippen molar-refractivity contribution >= 4 is 23.3 Å². The fourth-order valence-electron chi connectivity index (χ4n) is 1.22. The summed E-state index contributed by atoms with van der Waals surface area (Å²) in [5.41, 5.74) is 0.262. The molecule has 0 aliphatic heterocycles. The highest BCUT2D eigenvalue weighted by molar-refractivity contribution is 6.33. The number of ether oxygens (including phenoxy) is 1. The molecule has 0 aliphatic rings. The zero-order chi connectivity index (χ0) is 13.1. The van der Waals surface area contributed by atoms with Crippen LogP contribution in [0.1, 0.15) is 20.8 Å². The standard InChI is InChI=1S/C12H17ClN2O2/c1-12(2,3)15-11(16)14-10-6-5-8(17-4)7-9(10)13/h5-7H,1-4H3,(H2,14,15,16). The van der Waals surface area contributed by atoms with Gasteiger partial charge in [0.1, 0.15) is 5.75 Å². The summed E-state index contributed by atoms with van der Waals surface area (Å²) >= 11 is 6.00. The number of halogens is 1. The summed E-state index contributed by atoms with van der Waals surface area (Å²) in [5.74, 6) is 0.650. The molecule has 0 bridgehead atoms. The Labute approximate surface area is 106 Å². The van der Waals surface area contributed by atoms with Gasteiger partial charge in [-0.3, -0.25) is 0 Å². The first-order chi connectivity index (χ1) is 7.81. The van der Waals surface area contributed by atoms with Gasteiger partial charge < -0.3 is 15.4 Å². The minimum Gasteiger partial charge on any atom is -0.497 e. The molecule has 0 fully saturated rings. The summed E-state index contributed by atoms with van der Waals surface area (Å²) in [4.78, 5) is 11.6. The molecule has 17 heavy (non-hydrogen) atoms. The first-order valence-corrected chi connectivity index (χ1v) is 5.62. The van der Waals surface area contributed by atoms with Crippen LogP contribution in [0.4, 0.5) is 10.5 Å². The van der Waals surface area contributed by atoms with Crippen LogP contribution in [0.15, 0.2) is 18.2 Å². The van der Waals surface area contributed by atoms with Crippen LogP contribution in [0.25, 0.3) is 0 Å². The molecule has 2 amide bonds. The molecule has 0 saturated carbocycles. The van der Waals surface area contributed by atoms with Gasteiger partial charge in [0.15, 0.2) is 0 Å². The molecule has 0 spiro atoms. The Hall–Kier alpha value is -1.42. The topological polar surface area (TPSA) is 50.4 Å². The molecule has 0 radical (unpaired) electrons. The van der Waals surface area contributed by atoms with Crippen LogP contribution in [-0.4, -0.2) is 18.7 Å². The molecule has 5 heteroatoms. The zero-order valence-corrected chi connectivity index (χ0v) is 11.2. The smallest absolute Gasteiger partial charge is 0.319 e. The lowest BCUT2D eigenvalue weighted by Gasteiger charge is -2.21. The highest BCUT2D eigenvalue weighted by Crippen LogP contribution is 2.26. The maximum Gasteiger partial charge on any atom is 0.319 e. The minimum atomic E-state index is -0.289. The number of carbonyl (C=O) groups is 1. The SMILES string of the molecule is COc1ccc(NC(=O)NC(C)(C)C)c(Cl)c1. The monoisotopic (exact) mass is 256 g/mol. The number of methoxy groups -OCH3 is 1. The lowest BCUT2D eigenvalue weighted by molar-refractivity contribution is 0.244. The lowest BCUT2D eigenvalue weighted by atomic mass is 10.1. The van der Waals surface area contributed by atoms with Crippen LogP contribution in [0.5, 0.6) is 5.75 Å². The van der Waals surface area contributed by atoms with Crippen LogP contribution >= 0.6 is 11.6 Å². The number of urea groups is 1. The Kier molecular flexibility index (Phi) is 4.23. The van der Waals surface area contributed by atoms with Gasteiger partial charge >= 0.3 is 6.03 Å². The number of amides is 2. The number of hydrogen-bond donors (Lipinski definition) is 2. The zero-order valence-electron chi connectivity index (χ0n) is 10.4. The molecule has 0 heterocycles. The number of carbonyl (C=O) groups excluding carboxylic acids is 1. The van der Waals surface area contributed by atoms with Gasteiger partial charge in [0.2, 0.25) is 0 Å². The van der Waals surface area contributed by atoms with Crippen molar-refractivity contribution in [1.82, 2.24) is 5.32 Å². The average Bonchev–Trinajstić information content (AvgIpc) is 2.18. The van der Waals surface area contributed by atoms with E-state index >= 15 is 0 Å². The predicted molar refractivity (Wildman–Crippen MR) is 69.9 cm³/mol. The van der Waals surface area contributed by atoms with Crippen molar-refractivity contribution in [3.8, 4) is 5.75 Å². The van der Waals surface area contributed by atoms with E-state index in [1.54, 1.807) is 25.3 Å². The summed E-state index contributed by atoms with van der Waals surface area (Å²) in [5, 5.41) is 5.90. The summed E-state index contributed by atoms with van der Waals surface area (Å²) in [6.07, 6.45) is 0. The van der Waals surface area contributed by atoms with E-state index in [0.717, 1.165) is 0 Å². The number of nitrogens with one attached hydrogen (secondary N) is 2. The molecule has 0 unspecified atom stereocenters. The fraction of sp³-hybridized carbons (Fsp3) is 0.417. The summed E-state index contributed by atoms with van der Waals surface area (Å²) in [7, 11) is 1.56. The first-order valence-electron chi connectivity index (χ1n) is 5.24. The molecule has 2 N–H and O–H groups in total. The molecule has 4 nitrogen and oxygen atoms in total. The number of benzene rings is 1. The van der Waals surface area contributed by atoms with Crippen molar-refractivity contribution in [3.63, 3.8) is 0 Å². The molecule has 0 aliphatic carbocycles. The third-order valence-corrected chi connectivity index (χ3v) is 2.23. The van der Waals surface area contributed by atoms with E-state index in [-0.39, 0.29) is 11.6 Å². The van der Waals surface area contributed by atoms with Crippen molar-refractivity contribution in [2.75, 3.05) is 12.4 Å². The third kappa shape index (κ3) is 4.53. The molecular weight excluding hydrogens is 240 g/mol. The van der Waals surface area contributed by atoms with E-state index in [4.69, 9.17) is 16.3 Å². The quantitative estimate of drug-likeness (QED) is 0.853. The van der Waals surface area contributed by atoms with Gasteiger partial charge in [-0.25, -0.2) is 4.79 Å². The summed E-state index contributed by atoms with van der Waals surface area (Å²) < 4.78 is 5.02. The molecule has 1 aromatic rings. The highest BCUT2D eigenvalue weighted by Gasteiger charge is 2.14. The van der Waals surface area contributed by atoms with E-state index in [1.807, 2.05) is 20.8 Å². The molecule has 1 aromatic carbocycles. The maximum absolute atomic E-state index is 11.6. The van der Waals surface area contributed by atoms with Gasteiger partial charge in [-0.05, 0) is 32.9 Å². The van der Waals surface area contributed by atoms with Crippen molar-refractivity contribution in [3.05, 3.63) is 23.2 Å². The summed E-state index contributed by atoms with van der Waals surface area (Å²) in [6.45, 7) is 5.71. The van der Waals surface area contributed by atoms with Crippen LogP contribution in [-0.2, 0) is 0 Å². The van der Waals surface area contributed by atoms with E-state index in [9.17, 15) is 4.79 Å². The normalized spacial score (nSPS) is 10.9. The van der Waals surface area contributed by atoms with E-state index < -0.39 is 0 Å². The van der Waals surface area contributed by atoms with Crippen LogP contribution in [0.3, 0.4) is 0 Å². The molecular formula is C12H17ClN2O2. The van der Waals surface area contributed by atoms with Crippen LogP contribution in [0, 0.1) is 0 Å². The Morgan fingerprint density at radius 1 is 1.35 bits per heavy atom. The van der Waals surface area contributed by atoms with Gasteiger partial charge in [0.05, 0.1) is 17.8 Å². The van der Waals surface area contributed by atoms with Gasteiger partial charge in [0, 0.05) is 11.6 Å². The van der Waals surface area contributed by atoms with Gasteiger partial charge in [-0.1, -0.05) is 11.6 Å². The number of hydrogen-bond acceptors (Lipinski definition) is 2. The molecule has 94 valence electrons. The molecule has 0 saturated heterocycles. The lowest BCUT2D eigenvalue weighted by Crippen LogP contribution is -2.43. The largest absolute Gasteiger partial charge is 0.497 e. The Bertz CT molecular complexity index is 413. The molecule has 1 rings (SSSR count). The fourth-order valence-corrected chi connectivity index (χ4v) is 1.44. The van der Waals surface area contributed by atoms with Gasteiger partial charge in [-0.2, -0.15) is 0 Å². The third-order valence-electron chi connectivity index (χ3n) is 1.91. The Morgan fingerprint density at radius 2 is 2.00 bits per heavy atom. The second-order valence-electron chi connectivity index (χ2n) is 4.67. The van der Waals surface area contributed by atoms with Crippen LogP contribution < -0.4 is 15.4 Å². The van der Waals surface area contributed by atoms with Crippen molar-refractivity contribution in [2.24, 2.45) is 0 Å². The Balaban J connectivity index is 2.72.